The predicted octanol–water partition coefficient (Wildman–Crippen LogP) is -0.110. The number of hydrogen-bond donors (Lipinski definition) is 1. The van der Waals surface area contributed by atoms with Gasteiger partial charge in [-0.05, 0) is 24.8 Å². The second kappa shape index (κ2) is 4.18. The molecule has 0 aliphatic carbocycles. The van der Waals surface area contributed by atoms with E-state index in [1.807, 2.05) is 6.07 Å². The fourth-order valence-electron chi connectivity index (χ4n) is 2.15. The Morgan fingerprint density at radius 1 is 1.62 bits per heavy atom. The third-order valence-corrected chi connectivity index (χ3v) is 4.85. The minimum absolute atomic E-state index is 0.0353. The molecule has 0 bridgehead atoms. The molecule has 16 heavy (non-hydrogen) atoms. The average molecular weight is 244 g/mol. The molecule has 1 aromatic rings. The van der Waals surface area contributed by atoms with Crippen LogP contribution in [0.1, 0.15) is 17.8 Å². The molecule has 1 atom stereocenters. The van der Waals surface area contributed by atoms with E-state index in [2.05, 4.69) is 5.10 Å². The summed E-state index contributed by atoms with van der Waals surface area (Å²) in [7, 11) is -1.03. The van der Waals surface area contributed by atoms with Crippen molar-refractivity contribution in [1.29, 1.82) is 0 Å². The fraction of sp³-hybridized carbons (Fsp3) is 0.700. The Labute approximate surface area is 95.0 Å². The summed E-state index contributed by atoms with van der Waals surface area (Å²) in [6.45, 7) is -0.0353. The van der Waals surface area contributed by atoms with Crippen LogP contribution in [-0.2, 0) is 29.9 Å². The summed E-state index contributed by atoms with van der Waals surface area (Å²) in [6.07, 6.45) is 1.42. The lowest BCUT2D eigenvalue weighted by molar-refractivity contribution is 0.270. The largest absolute Gasteiger partial charge is 0.390 e. The van der Waals surface area contributed by atoms with Gasteiger partial charge < -0.3 is 5.11 Å². The molecule has 0 spiro atoms. The Bertz CT molecular complexity index is 478. The number of aliphatic hydroxyl groups is 1. The molecule has 6 heteroatoms. The normalized spacial score (nSPS) is 23.8. The molecule has 0 radical (unpaired) electrons. The maximum absolute atomic E-state index is 11.3. The molecule has 0 amide bonds. The minimum atomic E-state index is -2.81. The molecular weight excluding hydrogens is 228 g/mol. The first-order chi connectivity index (χ1) is 7.50. The number of hydrogen-bond acceptors (Lipinski definition) is 4. The van der Waals surface area contributed by atoms with Gasteiger partial charge in [0.25, 0.3) is 0 Å². The number of rotatable bonds is 3. The van der Waals surface area contributed by atoms with Gasteiger partial charge in [0.05, 0.1) is 29.5 Å². The van der Waals surface area contributed by atoms with Crippen molar-refractivity contribution >= 4 is 9.84 Å². The van der Waals surface area contributed by atoms with Crippen LogP contribution in [0.15, 0.2) is 6.07 Å². The van der Waals surface area contributed by atoms with Crippen LogP contribution in [0, 0.1) is 5.92 Å². The fourth-order valence-corrected chi connectivity index (χ4v) is 4.01. The summed E-state index contributed by atoms with van der Waals surface area (Å²) >= 11 is 0. The third-order valence-electron chi connectivity index (χ3n) is 3.01. The zero-order valence-electron chi connectivity index (χ0n) is 9.26. The molecule has 1 aliphatic rings. The van der Waals surface area contributed by atoms with E-state index in [0.717, 1.165) is 17.8 Å². The Morgan fingerprint density at radius 2 is 2.38 bits per heavy atom. The summed E-state index contributed by atoms with van der Waals surface area (Å²) in [5.41, 5.74) is 1.63. The lowest BCUT2D eigenvalue weighted by Gasteiger charge is -2.03. The van der Waals surface area contributed by atoms with Crippen molar-refractivity contribution in [3.05, 3.63) is 17.5 Å². The zero-order chi connectivity index (χ0) is 11.8. The number of nitrogens with zero attached hydrogens (tertiary/aromatic N) is 2. The second-order valence-corrected chi connectivity index (χ2v) is 6.61. The van der Waals surface area contributed by atoms with E-state index < -0.39 is 9.84 Å². The number of sulfone groups is 1. The van der Waals surface area contributed by atoms with Gasteiger partial charge in [0.15, 0.2) is 9.84 Å². The Balaban J connectivity index is 2.05. The lowest BCUT2D eigenvalue weighted by Crippen LogP contribution is -2.08. The van der Waals surface area contributed by atoms with Crippen molar-refractivity contribution in [2.75, 3.05) is 11.5 Å². The van der Waals surface area contributed by atoms with Crippen molar-refractivity contribution in [2.45, 2.75) is 19.4 Å². The highest BCUT2D eigenvalue weighted by Gasteiger charge is 2.28. The van der Waals surface area contributed by atoms with Crippen molar-refractivity contribution < 1.29 is 13.5 Å². The average Bonchev–Trinajstić information content (AvgIpc) is 2.70. The molecule has 5 nitrogen and oxygen atoms in total. The van der Waals surface area contributed by atoms with Crippen LogP contribution >= 0.6 is 0 Å². The first kappa shape index (κ1) is 11.6. The van der Waals surface area contributed by atoms with Gasteiger partial charge in [-0.2, -0.15) is 5.10 Å². The molecule has 1 fully saturated rings. The lowest BCUT2D eigenvalue weighted by atomic mass is 10.0. The van der Waals surface area contributed by atoms with E-state index >= 15 is 0 Å². The van der Waals surface area contributed by atoms with Gasteiger partial charge >= 0.3 is 0 Å². The van der Waals surface area contributed by atoms with E-state index in [1.165, 1.54) is 0 Å². The molecule has 90 valence electrons. The highest BCUT2D eigenvalue weighted by molar-refractivity contribution is 7.91. The van der Waals surface area contributed by atoms with E-state index in [0.29, 0.717) is 12.2 Å². The smallest absolute Gasteiger partial charge is 0.150 e. The summed E-state index contributed by atoms with van der Waals surface area (Å²) < 4.78 is 24.2. The first-order valence-corrected chi connectivity index (χ1v) is 7.15. The van der Waals surface area contributed by atoms with E-state index in [1.54, 1.807) is 11.7 Å². The molecule has 2 rings (SSSR count). The van der Waals surface area contributed by atoms with E-state index in [-0.39, 0.29) is 18.3 Å². The molecule has 0 saturated carbocycles. The second-order valence-electron chi connectivity index (χ2n) is 4.38. The van der Waals surface area contributed by atoms with Crippen LogP contribution in [0.3, 0.4) is 0 Å². The van der Waals surface area contributed by atoms with E-state index in [4.69, 9.17) is 5.11 Å². The van der Waals surface area contributed by atoms with Gasteiger partial charge in [-0.15, -0.1) is 0 Å². The zero-order valence-corrected chi connectivity index (χ0v) is 10.1. The van der Waals surface area contributed by atoms with Gasteiger partial charge in [-0.1, -0.05) is 0 Å². The molecule has 1 aromatic heterocycles. The van der Waals surface area contributed by atoms with Gasteiger partial charge in [0.2, 0.25) is 0 Å². The van der Waals surface area contributed by atoms with Crippen LogP contribution in [0.4, 0.5) is 0 Å². The van der Waals surface area contributed by atoms with Crippen LogP contribution in [0.2, 0.25) is 0 Å². The molecule has 1 N–H and O–H groups in total. The standard InChI is InChI=1S/C10H16N2O3S/c1-12-10(6-13)5-9(11-12)4-8-2-3-16(14,15)7-8/h5,8,13H,2-4,6-7H2,1H3. The number of aryl methyl sites for hydroxylation is 1. The topological polar surface area (TPSA) is 72.2 Å². The quantitative estimate of drug-likeness (QED) is 0.805. The highest BCUT2D eigenvalue weighted by Crippen LogP contribution is 2.22. The predicted molar refractivity (Wildman–Crippen MR) is 59.6 cm³/mol. The van der Waals surface area contributed by atoms with Crippen LogP contribution < -0.4 is 0 Å². The van der Waals surface area contributed by atoms with Crippen molar-refractivity contribution in [3.63, 3.8) is 0 Å². The van der Waals surface area contributed by atoms with Crippen LogP contribution in [-0.4, -0.2) is 34.8 Å². The monoisotopic (exact) mass is 244 g/mol. The maximum atomic E-state index is 11.3. The SMILES string of the molecule is Cn1nc(CC2CCS(=O)(=O)C2)cc1CO. The van der Waals surface area contributed by atoms with Gasteiger partial charge in [-0.3, -0.25) is 4.68 Å². The molecular formula is C10H16N2O3S. The Morgan fingerprint density at radius 3 is 2.88 bits per heavy atom. The van der Waals surface area contributed by atoms with E-state index in [9.17, 15) is 8.42 Å². The Kier molecular flexibility index (Phi) is 3.03. The van der Waals surface area contributed by atoms with Crippen molar-refractivity contribution in [2.24, 2.45) is 13.0 Å². The van der Waals surface area contributed by atoms with Crippen molar-refractivity contribution in [3.8, 4) is 0 Å². The number of aliphatic hydroxyl groups excluding tert-OH is 1. The minimum Gasteiger partial charge on any atom is -0.390 e. The maximum Gasteiger partial charge on any atom is 0.150 e. The highest BCUT2D eigenvalue weighted by atomic mass is 32.2. The Hall–Kier alpha value is -0.880. The molecule has 0 aromatic carbocycles. The van der Waals surface area contributed by atoms with Crippen LogP contribution in [0.25, 0.3) is 0 Å². The summed E-state index contributed by atoms with van der Waals surface area (Å²) in [6, 6.07) is 1.84. The molecule has 1 unspecified atom stereocenters. The molecule has 1 saturated heterocycles. The van der Waals surface area contributed by atoms with Gasteiger partial charge in [0, 0.05) is 7.05 Å². The number of aromatic nitrogens is 2. The third kappa shape index (κ3) is 2.44. The summed E-state index contributed by atoms with van der Waals surface area (Å²) in [4.78, 5) is 0. The van der Waals surface area contributed by atoms with Gasteiger partial charge in [-0.25, -0.2) is 8.42 Å². The van der Waals surface area contributed by atoms with Crippen molar-refractivity contribution in [1.82, 2.24) is 9.78 Å². The first-order valence-electron chi connectivity index (χ1n) is 5.33. The van der Waals surface area contributed by atoms with Crippen LogP contribution in [0.5, 0.6) is 0 Å². The molecule has 2 heterocycles. The molecule has 1 aliphatic heterocycles. The summed E-state index contributed by atoms with van der Waals surface area (Å²) in [5, 5.41) is 13.3. The van der Waals surface area contributed by atoms with Gasteiger partial charge in [0.1, 0.15) is 0 Å². The summed E-state index contributed by atoms with van der Waals surface area (Å²) in [5.74, 6) is 0.765.